The lowest BCUT2D eigenvalue weighted by molar-refractivity contribution is 0.241. The number of pyridine rings is 2. The zero-order valence-corrected chi connectivity index (χ0v) is 15.0. The summed E-state index contributed by atoms with van der Waals surface area (Å²) in [4.78, 5) is 30.7. The highest BCUT2D eigenvalue weighted by Gasteiger charge is 2.22. The molecule has 0 radical (unpaired) electrons. The van der Waals surface area contributed by atoms with Crippen LogP contribution in [-0.4, -0.2) is 31.4 Å². The summed E-state index contributed by atoms with van der Waals surface area (Å²) in [6, 6.07) is 7.70. The highest BCUT2D eigenvalue weighted by Crippen LogP contribution is 2.21. The number of hydrogen-bond donors (Lipinski definition) is 1. The van der Waals surface area contributed by atoms with Crippen LogP contribution in [0.25, 0.3) is 11.4 Å². The zero-order valence-electron chi connectivity index (χ0n) is 13.4. The second-order valence-electron chi connectivity index (χ2n) is 6.00. The Labute approximate surface area is 153 Å². The Morgan fingerprint density at radius 2 is 2.12 bits per heavy atom. The van der Waals surface area contributed by atoms with Crippen molar-refractivity contribution in [1.29, 1.82) is 0 Å². The van der Waals surface area contributed by atoms with E-state index in [0.717, 1.165) is 46.5 Å². The summed E-state index contributed by atoms with van der Waals surface area (Å²) in [6.07, 6.45) is 5.92. The monoisotopic (exact) mass is 397 g/mol. The largest absolute Gasteiger partial charge is 0.306 e. The van der Waals surface area contributed by atoms with Crippen LogP contribution in [0, 0.1) is 0 Å². The number of nitrogens with zero attached hydrogens (tertiary/aromatic N) is 4. The van der Waals surface area contributed by atoms with Gasteiger partial charge < -0.3 is 4.98 Å². The molecule has 0 bridgehead atoms. The second kappa shape index (κ2) is 6.85. The predicted octanol–water partition coefficient (Wildman–Crippen LogP) is 2.55. The van der Waals surface area contributed by atoms with E-state index in [4.69, 9.17) is 0 Å². The summed E-state index contributed by atoms with van der Waals surface area (Å²) in [5.41, 5.74) is 3.49. The van der Waals surface area contributed by atoms with E-state index >= 15 is 0 Å². The summed E-state index contributed by atoms with van der Waals surface area (Å²) >= 11 is 3.48. The van der Waals surface area contributed by atoms with Crippen LogP contribution in [0.2, 0.25) is 0 Å². The van der Waals surface area contributed by atoms with E-state index < -0.39 is 0 Å². The summed E-state index contributed by atoms with van der Waals surface area (Å²) in [6.45, 7) is 2.20. The first-order chi connectivity index (χ1) is 12.2. The molecule has 1 aliphatic heterocycles. The average molecular weight is 398 g/mol. The van der Waals surface area contributed by atoms with Crippen LogP contribution in [-0.2, 0) is 19.5 Å². The van der Waals surface area contributed by atoms with Crippen LogP contribution < -0.4 is 5.56 Å². The molecule has 4 rings (SSSR count). The van der Waals surface area contributed by atoms with Crippen molar-refractivity contribution in [1.82, 2.24) is 24.8 Å². The summed E-state index contributed by atoms with van der Waals surface area (Å²) < 4.78 is 0.847. The van der Waals surface area contributed by atoms with Gasteiger partial charge in [0.05, 0.1) is 11.3 Å². The maximum Gasteiger partial charge on any atom is 0.255 e. The number of fused-ring (bicyclic) bond motifs is 1. The second-order valence-corrected chi connectivity index (χ2v) is 6.75. The van der Waals surface area contributed by atoms with Crippen LogP contribution in [0.4, 0.5) is 0 Å². The van der Waals surface area contributed by atoms with Gasteiger partial charge in [0.1, 0.15) is 10.4 Å². The van der Waals surface area contributed by atoms with Gasteiger partial charge in [-0.2, -0.15) is 0 Å². The molecule has 0 aromatic carbocycles. The van der Waals surface area contributed by atoms with Crippen molar-refractivity contribution in [3.05, 3.63) is 74.6 Å². The van der Waals surface area contributed by atoms with Gasteiger partial charge in [-0.25, -0.2) is 9.97 Å². The van der Waals surface area contributed by atoms with Gasteiger partial charge in [0.15, 0.2) is 0 Å². The molecule has 0 atom stereocenters. The Morgan fingerprint density at radius 1 is 1.24 bits per heavy atom. The lowest BCUT2D eigenvalue weighted by Gasteiger charge is -2.27. The van der Waals surface area contributed by atoms with E-state index in [1.165, 1.54) is 0 Å². The normalized spacial score (nSPS) is 14.3. The van der Waals surface area contributed by atoms with Crippen LogP contribution >= 0.6 is 15.9 Å². The van der Waals surface area contributed by atoms with Crippen molar-refractivity contribution in [3.8, 4) is 11.4 Å². The number of H-pyrrole nitrogens is 1. The molecule has 0 saturated heterocycles. The van der Waals surface area contributed by atoms with Crippen molar-refractivity contribution >= 4 is 15.9 Å². The average Bonchev–Trinajstić information content (AvgIpc) is 2.65. The molecule has 1 aliphatic rings. The fourth-order valence-corrected chi connectivity index (χ4v) is 3.41. The molecular formula is C18H16BrN5O. The quantitative estimate of drug-likeness (QED) is 0.687. The van der Waals surface area contributed by atoms with Crippen molar-refractivity contribution in [3.63, 3.8) is 0 Å². The molecule has 1 N–H and O–H groups in total. The standard InChI is InChI=1S/C18H16BrN5O/c19-16-13(4-2-7-21-16)10-24-8-5-15-14(11-24)18(25)23-17(22-15)12-3-1-6-20-9-12/h1-4,6-7,9H,5,8,10-11H2,(H,22,23,25). The molecule has 3 aromatic heterocycles. The number of rotatable bonds is 3. The van der Waals surface area contributed by atoms with Crippen LogP contribution in [0.15, 0.2) is 52.3 Å². The van der Waals surface area contributed by atoms with E-state index in [1.54, 1.807) is 18.6 Å². The Hall–Kier alpha value is -2.38. The predicted molar refractivity (Wildman–Crippen MR) is 97.8 cm³/mol. The smallest absolute Gasteiger partial charge is 0.255 e. The van der Waals surface area contributed by atoms with Gasteiger partial charge >= 0.3 is 0 Å². The Morgan fingerprint density at radius 3 is 2.92 bits per heavy atom. The van der Waals surface area contributed by atoms with Gasteiger partial charge in [-0.05, 0) is 39.7 Å². The van der Waals surface area contributed by atoms with E-state index in [0.29, 0.717) is 12.4 Å². The highest BCUT2D eigenvalue weighted by atomic mass is 79.9. The third kappa shape index (κ3) is 3.38. The van der Waals surface area contributed by atoms with Gasteiger partial charge in [-0.3, -0.25) is 14.7 Å². The fraction of sp³-hybridized carbons (Fsp3) is 0.222. The van der Waals surface area contributed by atoms with Gasteiger partial charge in [-0.15, -0.1) is 0 Å². The molecular weight excluding hydrogens is 382 g/mol. The van der Waals surface area contributed by atoms with Gasteiger partial charge in [0.25, 0.3) is 5.56 Å². The van der Waals surface area contributed by atoms with Crippen molar-refractivity contribution in [2.24, 2.45) is 0 Å². The van der Waals surface area contributed by atoms with Gasteiger partial charge in [-0.1, -0.05) is 6.07 Å². The number of hydrogen-bond acceptors (Lipinski definition) is 5. The van der Waals surface area contributed by atoms with E-state index in [9.17, 15) is 4.79 Å². The molecule has 0 spiro atoms. The first-order valence-electron chi connectivity index (χ1n) is 8.05. The molecule has 0 unspecified atom stereocenters. The van der Waals surface area contributed by atoms with Gasteiger partial charge in [0, 0.05) is 50.2 Å². The minimum Gasteiger partial charge on any atom is -0.306 e. The first-order valence-corrected chi connectivity index (χ1v) is 8.84. The number of halogens is 1. The summed E-state index contributed by atoms with van der Waals surface area (Å²) in [5.74, 6) is 0.584. The first kappa shape index (κ1) is 16.1. The molecule has 0 saturated carbocycles. The Kier molecular flexibility index (Phi) is 4.42. The number of nitrogens with one attached hydrogen (secondary N) is 1. The maximum atomic E-state index is 12.6. The summed E-state index contributed by atoms with van der Waals surface area (Å²) in [7, 11) is 0. The van der Waals surface area contributed by atoms with E-state index in [1.807, 2.05) is 24.3 Å². The third-order valence-corrected chi connectivity index (χ3v) is 5.03. The molecule has 0 aliphatic carbocycles. The Balaban J connectivity index is 1.60. The lowest BCUT2D eigenvalue weighted by Crippen LogP contribution is -2.35. The Bertz CT molecular complexity index is 957. The van der Waals surface area contributed by atoms with E-state index in [-0.39, 0.29) is 5.56 Å². The zero-order chi connectivity index (χ0) is 17.2. The molecule has 0 fully saturated rings. The fourth-order valence-electron chi connectivity index (χ4n) is 3.03. The van der Waals surface area contributed by atoms with E-state index in [2.05, 4.69) is 40.8 Å². The number of aromatic nitrogens is 4. The van der Waals surface area contributed by atoms with Crippen molar-refractivity contribution in [2.75, 3.05) is 6.54 Å². The third-order valence-electron chi connectivity index (χ3n) is 4.31. The number of aromatic amines is 1. The van der Waals surface area contributed by atoms with Crippen molar-refractivity contribution in [2.45, 2.75) is 19.5 Å². The molecule has 3 aromatic rings. The maximum absolute atomic E-state index is 12.6. The molecule has 25 heavy (non-hydrogen) atoms. The lowest BCUT2D eigenvalue weighted by atomic mass is 10.1. The van der Waals surface area contributed by atoms with Crippen molar-refractivity contribution < 1.29 is 0 Å². The SMILES string of the molecule is O=c1[nH]c(-c2cccnc2)nc2c1CN(Cc1cccnc1Br)CC2. The minimum absolute atomic E-state index is 0.0706. The molecule has 6 nitrogen and oxygen atoms in total. The van der Waals surface area contributed by atoms with Crippen LogP contribution in [0.1, 0.15) is 16.8 Å². The molecule has 7 heteroatoms. The molecule has 0 amide bonds. The molecule has 4 heterocycles. The van der Waals surface area contributed by atoms with Crippen LogP contribution in [0.3, 0.4) is 0 Å². The highest BCUT2D eigenvalue weighted by molar-refractivity contribution is 9.10. The minimum atomic E-state index is -0.0706. The topological polar surface area (TPSA) is 74.8 Å². The van der Waals surface area contributed by atoms with Crippen LogP contribution in [0.5, 0.6) is 0 Å². The summed E-state index contributed by atoms with van der Waals surface area (Å²) in [5, 5.41) is 0. The molecule has 126 valence electrons. The van der Waals surface area contributed by atoms with Gasteiger partial charge in [0.2, 0.25) is 0 Å².